The average molecular weight is 195 g/mol. The van der Waals surface area contributed by atoms with Crippen molar-refractivity contribution in [3.05, 3.63) is 0 Å². The molecule has 0 atom stereocenters. The van der Waals surface area contributed by atoms with E-state index in [1.165, 1.54) is 32.0 Å². The minimum Gasteiger partial charge on any atom is -0.363 e. The molecule has 1 aliphatic heterocycles. The van der Waals surface area contributed by atoms with Crippen molar-refractivity contribution in [3.63, 3.8) is 0 Å². The molecule has 3 heteroatoms. The Kier molecular flexibility index (Phi) is 2.77. The van der Waals surface area contributed by atoms with E-state index in [0.717, 1.165) is 25.7 Å². The lowest BCUT2D eigenvalue weighted by atomic mass is 9.60. The van der Waals surface area contributed by atoms with Crippen molar-refractivity contribution in [1.29, 1.82) is 5.41 Å². The van der Waals surface area contributed by atoms with Crippen molar-refractivity contribution >= 4 is 6.34 Å². The minimum absolute atomic E-state index is 0.645. The van der Waals surface area contributed by atoms with Crippen molar-refractivity contribution in [3.8, 4) is 0 Å². The summed E-state index contributed by atoms with van der Waals surface area (Å²) in [6.07, 6.45) is 6.82. The summed E-state index contributed by atoms with van der Waals surface area (Å²) in [7, 11) is 0. The first kappa shape index (κ1) is 9.97. The van der Waals surface area contributed by atoms with Gasteiger partial charge in [0.05, 0.1) is 6.34 Å². The Morgan fingerprint density at radius 1 is 1.43 bits per heavy atom. The summed E-state index contributed by atoms with van der Waals surface area (Å²) in [6, 6.07) is 0.784. The zero-order valence-electron chi connectivity index (χ0n) is 9.05. The molecular formula is C11H21N3. The third kappa shape index (κ3) is 1.78. The Balaban J connectivity index is 1.77. The summed E-state index contributed by atoms with van der Waals surface area (Å²) in [5, 5.41) is 10.7. The molecule has 0 unspecified atom stereocenters. The monoisotopic (exact) mass is 195 g/mol. The van der Waals surface area contributed by atoms with Crippen LogP contribution in [0.25, 0.3) is 0 Å². The van der Waals surface area contributed by atoms with E-state index in [0.29, 0.717) is 5.41 Å². The first-order valence-electron chi connectivity index (χ1n) is 5.76. The molecule has 0 aromatic heterocycles. The molecule has 2 fully saturated rings. The first-order valence-corrected chi connectivity index (χ1v) is 5.76. The standard InChI is InChI=1S/C11H21N3/c1-2-13-10-7-11(8-10)3-5-14(9-12)6-4-11/h9-10,12-13H,2-8H2,1H3. The molecule has 2 N–H and O–H groups in total. The van der Waals surface area contributed by atoms with Crippen LogP contribution in [0.3, 0.4) is 0 Å². The van der Waals surface area contributed by atoms with Gasteiger partial charge in [-0.3, -0.25) is 5.41 Å². The summed E-state index contributed by atoms with van der Waals surface area (Å²) in [5.41, 5.74) is 0.645. The smallest absolute Gasteiger partial charge is 0.0817 e. The molecule has 2 rings (SSSR count). The van der Waals surface area contributed by atoms with E-state index in [-0.39, 0.29) is 0 Å². The van der Waals surface area contributed by atoms with Crippen LogP contribution in [0, 0.1) is 10.8 Å². The van der Waals surface area contributed by atoms with E-state index in [9.17, 15) is 0 Å². The molecule has 3 nitrogen and oxygen atoms in total. The van der Waals surface area contributed by atoms with E-state index in [4.69, 9.17) is 5.41 Å². The van der Waals surface area contributed by atoms with E-state index >= 15 is 0 Å². The summed E-state index contributed by atoms with van der Waals surface area (Å²) in [4.78, 5) is 2.13. The van der Waals surface area contributed by atoms with Crippen LogP contribution in [0.5, 0.6) is 0 Å². The van der Waals surface area contributed by atoms with Crippen molar-refractivity contribution in [2.75, 3.05) is 19.6 Å². The Hall–Kier alpha value is -0.570. The molecule has 1 heterocycles. The van der Waals surface area contributed by atoms with Gasteiger partial charge < -0.3 is 10.2 Å². The summed E-state index contributed by atoms with van der Waals surface area (Å²) < 4.78 is 0. The maximum atomic E-state index is 7.20. The van der Waals surface area contributed by atoms with E-state index < -0.39 is 0 Å². The van der Waals surface area contributed by atoms with E-state index in [1.54, 1.807) is 0 Å². The molecule has 0 aromatic rings. The fourth-order valence-corrected chi connectivity index (χ4v) is 2.95. The molecule has 1 saturated heterocycles. The number of nitrogens with one attached hydrogen (secondary N) is 2. The van der Waals surface area contributed by atoms with Gasteiger partial charge in [0.15, 0.2) is 0 Å². The Labute approximate surface area is 86.4 Å². The topological polar surface area (TPSA) is 39.1 Å². The van der Waals surface area contributed by atoms with Gasteiger partial charge in [0.25, 0.3) is 0 Å². The highest BCUT2D eigenvalue weighted by Crippen LogP contribution is 2.48. The molecule has 0 aromatic carbocycles. The molecule has 14 heavy (non-hydrogen) atoms. The highest BCUT2D eigenvalue weighted by molar-refractivity contribution is 5.50. The predicted molar refractivity (Wildman–Crippen MR) is 58.7 cm³/mol. The van der Waals surface area contributed by atoms with Gasteiger partial charge in [-0.25, -0.2) is 0 Å². The molecule has 1 spiro atoms. The van der Waals surface area contributed by atoms with Crippen LogP contribution in [-0.4, -0.2) is 36.9 Å². The second-order valence-electron chi connectivity index (χ2n) is 4.83. The Bertz CT molecular complexity index is 199. The average Bonchev–Trinajstić information content (AvgIpc) is 2.17. The van der Waals surface area contributed by atoms with Crippen molar-refractivity contribution in [2.24, 2.45) is 5.41 Å². The van der Waals surface area contributed by atoms with E-state index in [2.05, 4.69) is 17.1 Å². The molecule has 80 valence electrons. The molecule has 2 aliphatic rings. The Morgan fingerprint density at radius 3 is 2.57 bits per heavy atom. The summed E-state index contributed by atoms with van der Waals surface area (Å²) in [6.45, 7) is 5.49. The largest absolute Gasteiger partial charge is 0.363 e. The van der Waals surface area contributed by atoms with E-state index in [1.807, 2.05) is 0 Å². The van der Waals surface area contributed by atoms with Gasteiger partial charge in [-0.2, -0.15) is 0 Å². The van der Waals surface area contributed by atoms with Gasteiger partial charge >= 0.3 is 0 Å². The maximum absolute atomic E-state index is 7.20. The molecule has 1 saturated carbocycles. The first-order chi connectivity index (χ1) is 6.78. The van der Waals surface area contributed by atoms with Gasteiger partial charge in [-0.15, -0.1) is 0 Å². The highest BCUT2D eigenvalue weighted by atomic mass is 15.1. The van der Waals surface area contributed by atoms with Crippen LogP contribution in [0.2, 0.25) is 0 Å². The highest BCUT2D eigenvalue weighted by Gasteiger charge is 2.44. The molecule has 1 aliphatic carbocycles. The van der Waals surface area contributed by atoms with Crippen LogP contribution < -0.4 is 5.32 Å². The quantitative estimate of drug-likeness (QED) is 0.528. The zero-order valence-corrected chi connectivity index (χ0v) is 9.05. The summed E-state index contributed by atoms with van der Waals surface area (Å²) >= 11 is 0. The second-order valence-corrected chi connectivity index (χ2v) is 4.83. The lowest BCUT2D eigenvalue weighted by Crippen LogP contribution is -2.53. The van der Waals surface area contributed by atoms with Crippen LogP contribution >= 0.6 is 0 Å². The maximum Gasteiger partial charge on any atom is 0.0817 e. The minimum atomic E-state index is 0.645. The van der Waals surface area contributed by atoms with Gasteiger partial charge in [-0.05, 0) is 37.6 Å². The third-order valence-electron chi connectivity index (χ3n) is 3.89. The normalized spacial score (nSPS) is 26.2. The van der Waals surface area contributed by atoms with Gasteiger partial charge in [-0.1, -0.05) is 6.92 Å². The lowest BCUT2D eigenvalue weighted by molar-refractivity contribution is 0.0255. The number of hydrogen-bond donors (Lipinski definition) is 2. The number of likely N-dealkylation sites (tertiary alicyclic amines) is 1. The van der Waals surface area contributed by atoms with Gasteiger partial charge in [0, 0.05) is 19.1 Å². The number of piperidine rings is 1. The van der Waals surface area contributed by atoms with Crippen LogP contribution in [0.4, 0.5) is 0 Å². The van der Waals surface area contributed by atoms with Crippen LogP contribution in [0.1, 0.15) is 32.6 Å². The lowest BCUT2D eigenvalue weighted by Gasteiger charge is -2.52. The van der Waals surface area contributed by atoms with Crippen molar-refractivity contribution in [2.45, 2.75) is 38.6 Å². The molecule has 0 bridgehead atoms. The fraction of sp³-hybridized carbons (Fsp3) is 0.909. The molecular weight excluding hydrogens is 174 g/mol. The number of nitrogens with zero attached hydrogens (tertiary/aromatic N) is 1. The Morgan fingerprint density at radius 2 is 2.07 bits per heavy atom. The second kappa shape index (κ2) is 3.89. The predicted octanol–water partition coefficient (Wildman–Crippen LogP) is 1.45. The summed E-state index contributed by atoms with van der Waals surface area (Å²) in [5.74, 6) is 0. The molecule has 0 radical (unpaired) electrons. The fourth-order valence-electron chi connectivity index (χ4n) is 2.95. The van der Waals surface area contributed by atoms with Crippen LogP contribution in [0.15, 0.2) is 0 Å². The third-order valence-corrected chi connectivity index (χ3v) is 3.89. The zero-order chi connectivity index (χ0) is 10.0. The van der Waals surface area contributed by atoms with Crippen molar-refractivity contribution in [1.82, 2.24) is 10.2 Å². The van der Waals surface area contributed by atoms with Crippen LogP contribution in [-0.2, 0) is 0 Å². The molecule has 0 amide bonds. The van der Waals surface area contributed by atoms with Crippen molar-refractivity contribution < 1.29 is 0 Å². The van der Waals surface area contributed by atoms with Gasteiger partial charge in [0.2, 0.25) is 0 Å². The SMILES string of the molecule is CCNC1CC2(CCN(C=N)CC2)C1. The van der Waals surface area contributed by atoms with Gasteiger partial charge in [0.1, 0.15) is 0 Å². The number of rotatable bonds is 3. The number of hydrogen-bond acceptors (Lipinski definition) is 2.